The Labute approximate surface area is 209 Å². The van der Waals surface area contributed by atoms with Crippen molar-refractivity contribution in [3.63, 3.8) is 0 Å². The maximum atomic E-state index is 11.2. The normalized spacial score (nSPS) is 41.1. The second-order valence-corrected chi connectivity index (χ2v) is 12.8. The minimum absolute atomic E-state index is 0.0616. The fraction of sp³-hybridized carbons (Fsp3) is 0.808. The summed E-state index contributed by atoms with van der Waals surface area (Å²) in [5, 5.41) is 4.06. The largest absolute Gasteiger partial charge is 0.397 e. The Hall–Kier alpha value is -1.67. The van der Waals surface area contributed by atoms with Gasteiger partial charge in [0, 0.05) is 23.3 Å². The third kappa shape index (κ3) is 5.38. The summed E-state index contributed by atoms with van der Waals surface area (Å²) in [4.78, 5) is 6.87. The SMILES string of the molecule is C[C@@H](N=[N+]=[N-])[C@H]1CC[C@H]2[C@@H]3CC[C@@H]4C[C@H](OS(=O)(=O)O)CC[C@]4(C)[C@H]3CC[C@]12C.c1ccncc1. The van der Waals surface area contributed by atoms with Crippen LogP contribution in [0, 0.1) is 40.4 Å². The number of hydrogen-bond acceptors (Lipinski definition) is 5. The Balaban J connectivity index is 0.000000421. The van der Waals surface area contributed by atoms with Gasteiger partial charge in [-0.25, -0.2) is 4.18 Å². The van der Waals surface area contributed by atoms with Crippen LogP contribution in [0.2, 0.25) is 0 Å². The van der Waals surface area contributed by atoms with Crippen LogP contribution >= 0.6 is 0 Å². The standard InChI is InChI=1S/C21H35N3O4S.C5H5N/c1-13(23-24-22)17-6-7-18-16-5-4-14-12-15(28-29(25,26)27)8-10-20(14,2)19(16)9-11-21(17,18)3;1-2-4-6-5-3-1/h13-19H,4-12H2,1-3H3,(H,25,26,27);1-5H/t13-,14-,15-,16+,17-,18+,19+,20+,21-;/m1./s1. The van der Waals surface area contributed by atoms with Crippen LogP contribution in [0.25, 0.3) is 10.4 Å². The number of azide groups is 1. The zero-order chi connectivity index (χ0) is 25.3. The predicted octanol–water partition coefficient (Wildman–Crippen LogP) is 6.61. The number of hydrogen-bond donors (Lipinski definition) is 1. The molecule has 0 saturated heterocycles. The lowest BCUT2D eigenvalue weighted by molar-refractivity contribution is -0.125. The van der Waals surface area contributed by atoms with Crippen LogP contribution in [0.3, 0.4) is 0 Å². The molecule has 0 spiro atoms. The van der Waals surface area contributed by atoms with E-state index >= 15 is 0 Å². The first-order valence-corrected chi connectivity index (χ1v) is 14.5. The minimum Gasteiger partial charge on any atom is -0.265 e. The summed E-state index contributed by atoms with van der Waals surface area (Å²) in [6.45, 7) is 6.95. The second-order valence-electron chi connectivity index (χ2n) is 11.8. The van der Waals surface area contributed by atoms with Crippen LogP contribution in [0.4, 0.5) is 0 Å². The lowest BCUT2D eigenvalue weighted by atomic mass is 9.44. The van der Waals surface area contributed by atoms with Crippen molar-refractivity contribution in [2.45, 2.75) is 90.7 Å². The minimum atomic E-state index is -4.38. The molecule has 35 heavy (non-hydrogen) atoms. The number of nitrogens with zero attached hydrogens (tertiary/aromatic N) is 4. The molecule has 5 rings (SSSR count). The third-order valence-electron chi connectivity index (χ3n) is 10.3. The Bertz CT molecular complexity index is 991. The van der Waals surface area contributed by atoms with Gasteiger partial charge >= 0.3 is 10.4 Å². The van der Waals surface area contributed by atoms with E-state index in [-0.39, 0.29) is 23.0 Å². The van der Waals surface area contributed by atoms with Crippen molar-refractivity contribution in [2.75, 3.05) is 0 Å². The van der Waals surface area contributed by atoms with E-state index in [9.17, 15) is 8.42 Å². The van der Waals surface area contributed by atoms with E-state index in [0.29, 0.717) is 30.1 Å². The van der Waals surface area contributed by atoms with Gasteiger partial charge in [-0.2, -0.15) is 8.42 Å². The summed E-state index contributed by atoms with van der Waals surface area (Å²) < 4.78 is 36.3. The van der Waals surface area contributed by atoms with Crippen molar-refractivity contribution in [3.8, 4) is 0 Å². The Kier molecular flexibility index (Phi) is 7.82. The molecule has 0 aliphatic heterocycles. The molecule has 0 unspecified atom stereocenters. The lowest BCUT2D eigenvalue weighted by Gasteiger charge is -2.61. The molecular formula is C26H40N4O4S. The quantitative estimate of drug-likeness (QED) is 0.214. The van der Waals surface area contributed by atoms with Gasteiger partial charge in [-0.15, -0.1) is 0 Å². The molecule has 4 aliphatic rings. The Morgan fingerprint density at radius 1 is 1.03 bits per heavy atom. The van der Waals surface area contributed by atoms with Crippen molar-refractivity contribution in [3.05, 3.63) is 41.0 Å². The highest BCUT2D eigenvalue weighted by Crippen LogP contribution is 2.68. The lowest BCUT2D eigenvalue weighted by Crippen LogP contribution is -2.54. The zero-order valence-electron chi connectivity index (χ0n) is 21.2. The fourth-order valence-corrected chi connectivity index (χ4v) is 9.30. The highest BCUT2D eigenvalue weighted by atomic mass is 32.3. The third-order valence-corrected chi connectivity index (χ3v) is 10.8. The van der Waals surface area contributed by atoms with Crippen molar-refractivity contribution in [1.82, 2.24) is 4.98 Å². The summed E-state index contributed by atoms with van der Waals surface area (Å²) in [5.74, 6) is 3.05. The van der Waals surface area contributed by atoms with Crippen LogP contribution in [0.5, 0.6) is 0 Å². The van der Waals surface area contributed by atoms with Gasteiger partial charge in [0.2, 0.25) is 0 Å². The molecule has 4 fully saturated rings. The monoisotopic (exact) mass is 504 g/mol. The first-order valence-electron chi connectivity index (χ1n) is 13.1. The summed E-state index contributed by atoms with van der Waals surface area (Å²) in [6, 6.07) is 5.78. The molecular weight excluding hydrogens is 464 g/mol. The van der Waals surface area contributed by atoms with Gasteiger partial charge in [0.1, 0.15) is 0 Å². The first kappa shape index (κ1) is 26.4. The molecule has 0 amide bonds. The van der Waals surface area contributed by atoms with E-state index in [1.165, 1.54) is 25.7 Å². The van der Waals surface area contributed by atoms with Crippen LogP contribution in [0.1, 0.15) is 78.6 Å². The molecule has 1 N–H and O–H groups in total. The smallest absolute Gasteiger partial charge is 0.265 e. The van der Waals surface area contributed by atoms with E-state index in [4.69, 9.17) is 14.3 Å². The molecule has 8 nitrogen and oxygen atoms in total. The highest BCUT2D eigenvalue weighted by Gasteiger charge is 2.60. The zero-order valence-corrected chi connectivity index (χ0v) is 22.0. The Morgan fingerprint density at radius 2 is 1.71 bits per heavy atom. The molecule has 1 aromatic rings. The van der Waals surface area contributed by atoms with E-state index in [1.807, 2.05) is 18.2 Å². The van der Waals surface area contributed by atoms with Gasteiger partial charge in [-0.05, 0) is 116 Å². The van der Waals surface area contributed by atoms with Gasteiger partial charge < -0.3 is 0 Å². The maximum absolute atomic E-state index is 11.2. The average molecular weight is 505 g/mol. The second kappa shape index (κ2) is 10.4. The van der Waals surface area contributed by atoms with Gasteiger partial charge in [0.05, 0.1) is 6.10 Å². The van der Waals surface area contributed by atoms with E-state index < -0.39 is 10.4 Å². The van der Waals surface area contributed by atoms with Crippen molar-refractivity contribution in [2.24, 2.45) is 45.5 Å². The molecule has 0 bridgehead atoms. The highest BCUT2D eigenvalue weighted by molar-refractivity contribution is 7.80. The molecule has 9 atom stereocenters. The van der Waals surface area contributed by atoms with Crippen LogP contribution in [-0.2, 0) is 14.6 Å². The number of rotatable bonds is 4. The number of fused-ring (bicyclic) bond motifs is 5. The summed E-state index contributed by atoms with van der Waals surface area (Å²) >= 11 is 0. The molecule has 194 valence electrons. The van der Waals surface area contributed by atoms with Gasteiger partial charge in [0.15, 0.2) is 0 Å². The number of aromatic nitrogens is 1. The van der Waals surface area contributed by atoms with Crippen molar-refractivity contribution in [1.29, 1.82) is 0 Å². The van der Waals surface area contributed by atoms with E-state index in [2.05, 4.69) is 35.8 Å². The average Bonchev–Trinajstić information content (AvgIpc) is 3.17. The molecule has 1 heterocycles. The fourth-order valence-electron chi connectivity index (χ4n) is 8.79. The molecule has 4 saturated carbocycles. The molecule has 0 aromatic carbocycles. The van der Waals surface area contributed by atoms with Crippen molar-refractivity contribution < 1.29 is 17.2 Å². The maximum Gasteiger partial charge on any atom is 0.397 e. The van der Waals surface area contributed by atoms with Gasteiger partial charge in [0.25, 0.3) is 0 Å². The van der Waals surface area contributed by atoms with Gasteiger partial charge in [-0.3, -0.25) is 9.54 Å². The number of pyridine rings is 1. The van der Waals surface area contributed by atoms with Crippen LogP contribution < -0.4 is 0 Å². The van der Waals surface area contributed by atoms with Crippen LogP contribution in [-0.4, -0.2) is 30.1 Å². The van der Waals surface area contributed by atoms with Gasteiger partial charge in [-0.1, -0.05) is 32.0 Å². The molecule has 9 heteroatoms. The van der Waals surface area contributed by atoms with E-state index in [0.717, 1.165) is 31.6 Å². The first-order chi connectivity index (χ1) is 16.6. The van der Waals surface area contributed by atoms with E-state index in [1.54, 1.807) is 12.4 Å². The summed E-state index contributed by atoms with van der Waals surface area (Å²) in [5.41, 5.74) is 9.42. The van der Waals surface area contributed by atoms with Crippen molar-refractivity contribution >= 4 is 10.4 Å². The topological polar surface area (TPSA) is 125 Å². The summed E-state index contributed by atoms with van der Waals surface area (Å²) in [6.07, 6.45) is 12.7. The molecule has 0 radical (unpaired) electrons. The van der Waals surface area contributed by atoms with Crippen LogP contribution in [0.15, 0.2) is 35.7 Å². The predicted molar refractivity (Wildman–Crippen MR) is 134 cm³/mol. The molecule has 1 aromatic heterocycles. The molecule has 4 aliphatic carbocycles. The summed E-state index contributed by atoms with van der Waals surface area (Å²) in [7, 11) is -4.38. The Morgan fingerprint density at radius 3 is 2.31 bits per heavy atom.